The van der Waals surface area contributed by atoms with Gasteiger partial charge in [-0.1, -0.05) is 6.07 Å². The fourth-order valence-corrected chi connectivity index (χ4v) is 2.71. The van der Waals surface area contributed by atoms with E-state index in [0.29, 0.717) is 12.8 Å². The zero-order chi connectivity index (χ0) is 14.8. The molecule has 0 saturated heterocycles. The second-order valence-electron chi connectivity index (χ2n) is 5.25. The van der Waals surface area contributed by atoms with Gasteiger partial charge in [-0.2, -0.15) is 5.26 Å². The third kappa shape index (κ3) is 2.50. The van der Waals surface area contributed by atoms with E-state index in [1.165, 1.54) is 0 Å². The van der Waals surface area contributed by atoms with Gasteiger partial charge in [0.15, 0.2) is 0 Å². The molecule has 0 heterocycles. The lowest BCUT2D eigenvalue weighted by molar-refractivity contribution is -0.0204. The molecule has 2 rings (SSSR count). The third-order valence-corrected chi connectivity index (χ3v) is 4.03. The van der Waals surface area contributed by atoms with Gasteiger partial charge in [0.25, 0.3) is 0 Å². The van der Waals surface area contributed by atoms with Crippen molar-refractivity contribution in [1.29, 1.82) is 5.26 Å². The van der Waals surface area contributed by atoms with Crippen LogP contribution in [0.4, 0.5) is 0 Å². The quantitative estimate of drug-likeness (QED) is 0.704. The molecule has 0 radical (unpaired) electrons. The molecule has 1 aliphatic rings. The number of ether oxygens (including phenoxy) is 1. The smallest absolute Gasteiger partial charge is 0.119 e. The number of hydrogen-bond donors (Lipinski definition) is 3. The summed E-state index contributed by atoms with van der Waals surface area (Å²) in [5.41, 5.74) is 1.45. The molecule has 0 saturated carbocycles. The van der Waals surface area contributed by atoms with E-state index in [0.717, 1.165) is 16.9 Å². The van der Waals surface area contributed by atoms with Crippen molar-refractivity contribution in [1.82, 2.24) is 0 Å². The number of aliphatic hydroxyl groups excluding tert-OH is 3. The first-order chi connectivity index (χ1) is 9.56. The van der Waals surface area contributed by atoms with Crippen molar-refractivity contribution in [3.05, 3.63) is 29.3 Å². The Bertz CT molecular complexity index is 525. The average molecular weight is 277 g/mol. The zero-order valence-corrected chi connectivity index (χ0v) is 11.4. The molecule has 0 bridgehead atoms. The van der Waals surface area contributed by atoms with Crippen LogP contribution >= 0.6 is 0 Å². The molecule has 0 aliphatic heterocycles. The summed E-state index contributed by atoms with van der Waals surface area (Å²) in [7, 11) is 1.60. The Hall–Kier alpha value is -1.61. The van der Waals surface area contributed by atoms with Crippen LogP contribution in [0, 0.1) is 11.3 Å². The van der Waals surface area contributed by atoms with E-state index < -0.39 is 24.2 Å². The van der Waals surface area contributed by atoms with Crippen molar-refractivity contribution in [3.63, 3.8) is 0 Å². The summed E-state index contributed by atoms with van der Waals surface area (Å²) < 4.78 is 5.15. The summed E-state index contributed by atoms with van der Waals surface area (Å²) in [5, 5.41) is 37.3. The first-order valence-corrected chi connectivity index (χ1v) is 6.62. The van der Waals surface area contributed by atoms with Gasteiger partial charge in [-0.3, -0.25) is 0 Å². The minimum Gasteiger partial charge on any atom is -0.497 e. The molecule has 0 spiro atoms. The first kappa shape index (κ1) is 14.8. The van der Waals surface area contributed by atoms with E-state index in [1.54, 1.807) is 7.11 Å². The minimum absolute atomic E-state index is 0.279. The number of benzene rings is 1. The molecule has 1 aromatic carbocycles. The number of nitrogens with zero attached hydrogens (tertiary/aromatic N) is 1. The Morgan fingerprint density at radius 3 is 2.70 bits per heavy atom. The minimum atomic E-state index is -1.15. The van der Waals surface area contributed by atoms with Crippen LogP contribution < -0.4 is 4.74 Å². The molecule has 3 atom stereocenters. The van der Waals surface area contributed by atoms with Gasteiger partial charge in [0.1, 0.15) is 11.9 Å². The van der Waals surface area contributed by atoms with E-state index in [2.05, 4.69) is 6.07 Å². The van der Waals surface area contributed by atoms with Gasteiger partial charge >= 0.3 is 0 Å². The number of aliphatic hydroxyl groups is 3. The van der Waals surface area contributed by atoms with E-state index in [1.807, 2.05) is 18.2 Å². The summed E-state index contributed by atoms with van der Waals surface area (Å²) in [6.45, 7) is -0.478. The van der Waals surface area contributed by atoms with Crippen LogP contribution in [-0.2, 0) is 11.8 Å². The standard InChI is InChI=1S/C15H19NO4/c1-20-11-2-3-12-10(6-11)7-15(12,9-16)5-4-13(18)14(19)8-17/h2-3,6,13-14,17-19H,4-5,7-8H2,1H3/t13-,14-,15?/m1/s1. The van der Waals surface area contributed by atoms with Gasteiger partial charge in [0, 0.05) is 0 Å². The lowest BCUT2D eigenvalue weighted by Crippen LogP contribution is -2.39. The zero-order valence-electron chi connectivity index (χ0n) is 11.4. The van der Waals surface area contributed by atoms with Gasteiger partial charge in [0.2, 0.25) is 0 Å². The van der Waals surface area contributed by atoms with Crippen molar-refractivity contribution >= 4 is 0 Å². The van der Waals surface area contributed by atoms with Crippen molar-refractivity contribution in [2.45, 2.75) is 36.9 Å². The van der Waals surface area contributed by atoms with Crippen molar-refractivity contribution in [2.24, 2.45) is 0 Å². The maximum Gasteiger partial charge on any atom is 0.119 e. The fourth-order valence-electron chi connectivity index (χ4n) is 2.71. The van der Waals surface area contributed by atoms with Gasteiger partial charge in [-0.25, -0.2) is 0 Å². The van der Waals surface area contributed by atoms with Crippen LogP contribution in [-0.4, -0.2) is 41.2 Å². The molecule has 1 aliphatic carbocycles. The molecule has 20 heavy (non-hydrogen) atoms. The Morgan fingerprint density at radius 1 is 1.40 bits per heavy atom. The summed E-state index contributed by atoms with van der Waals surface area (Å²) >= 11 is 0. The second kappa shape index (κ2) is 5.80. The first-order valence-electron chi connectivity index (χ1n) is 6.62. The predicted molar refractivity (Wildman–Crippen MR) is 72.3 cm³/mol. The van der Waals surface area contributed by atoms with E-state index in [4.69, 9.17) is 9.84 Å². The second-order valence-corrected chi connectivity index (χ2v) is 5.25. The highest BCUT2D eigenvalue weighted by Gasteiger charge is 2.43. The number of rotatable bonds is 6. The summed E-state index contributed by atoms with van der Waals surface area (Å²) in [6.07, 6.45) is -0.798. The number of fused-ring (bicyclic) bond motifs is 1. The van der Waals surface area contributed by atoms with Gasteiger partial charge in [0.05, 0.1) is 31.3 Å². The van der Waals surface area contributed by atoms with Crippen LogP contribution in [0.15, 0.2) is 18.2 Å². The van der Waals surface area contributed by atoms with Crippen LogP contribution in [0.2, 0.25) is 0 Å². The Labute approximate surface area is 118 Å². The molecule has 0 amide bonds. The summed E-state index contributed by atoms with van der Waals surface area (Å²) in [6, 6.07) is 7.95. The topological polar surface area (TPSA) is 93.7 Å². The fraction of sp³-hybridized carbons (Fsp3) is 0.533. The molecule has 5 nitrogen and oxygen atoms in total. The maximum absolute atomic E-state index is 9.69. The molecule has 0 fully saturated rings. The molecular weight excluding hydrogens is 258 g/mol. The molecule has 108 valence electrons. The van der Waals surface area contributed by atoms with Gasteiger partial charge in [-0.05, 0) is 42.5 Å². The van der Waals surface area contributed by atoms with Crippen LogP contribution in [0.3, 0.4) is 0 Å². The van der Waals surface area contributed by atoms with Gasteiger partial charge < -0.3 is 20.1 Å². The monoisotopic (exact) mass is 277 g/mol. The molecule has 3 N–H and O–H groups in total. The molecule has 5 heteroatoms. The summed E-state index contributed by atoms with van der Waals surface area (Å²) in [5.74, 6) is 0.769. The number of methoxy groups -OCH3 is 1. The third-order valence-electron chi connectivity index (χ3n) is 4.03. The van der Waals surface area contributed by atoms with Crippen LogP contribution in [0.5, 0.6) is 5.75 Å². The lowest BCUT2D eigenvalue weighted by Gasteiger charge is -2.39. The van der Waals surface area contributed by atoms with Crippen molar-refractivity contribution in [3.8, 4) is 11.8 Å². The van der Waals surface area contributed by atoms with Crippen molar-refractivity contribution < 1.29 is 20.1 Å². The Morgan fingerprint density at radius 2 is 2.15 bits per heavy atom. The highest BCUT2D eigenvalue weighted by atomic mass is 16.5. The molecule has 1 aromatic rings. The van der Waals surface area contributed by atoms with Crippen molar-refractivity contribution in [2.75, 3.05) is 13.7 Å². The summed E-state index contributed by atoms with van der Waals surface area (Å²) in [4.78, 5) is 0. The average Bonchev–Trinajstić information content (AvgIpc) is 2.47. The lowest BCUT2D eigenvalue weighted by atomic mass is 9.62. The van der Waals surface area contributed by atoms with E-state index in [-0.39, 0.29) is 6.42 Å². The van der Waals surface area contributed by atoms with E-state index >= 15 is 0 Å². The molecule has 0 aromatic heterocycles. The number of nitriles is 1. The number of hydrogen-bond acceptors (Lipinski definition) is 5. The molecular formula is C15H19NO4. The van der Waals surface area contributed by atoms with Crippen LogP contribution in [0.25, 0.3) is 0 Å². The van der Waals surface area contributed by atoms with Crippen LogP contribution in [0.1, 0.15) is 24.0 Å². The Kier molecular flexibility index (Phi) is 4.29. The highest BCUT2D eigenvalue weighted by molar-refractivity contribution is 5.52. The largest absolute Gasteiger partial charge is 0.497 e. The van der Waals surface area contributed by atoms with Gasteiger partial charge in [-0.15, -0.1) is 0 Å². The Balaban J connectivity index is 2.08. The normalized spacial score (nSPS) is 23.1. The predicted octanol–water partition coefficient (Wildman–Crippen LogP) is 0.507. The van der Waals surface area contributed by atoms with E-state index in [9.17, 15) is 15.5 Å². The maximum atomic E-state index is 9.69. The highest BCUT2D eigenvalue weighted by Crippen LogP contribution is 2.45. The molecule has 1 unspecified atom stereocenters. The SMILES string of the molecule is COc1ccc2c(c1)CC2(C#N)CC[C@@H](O)[C@H](O)CO.